The van der Waals surface area contributed by atoms with Crippen molar-refractivity contribution in [2.24, 2.45) is 0 Å². The van der Waals surface area contributed by atoms with Crippen LogP contribution in [-0.2, 0) is 9.59 Å². The number of unbranched alkanes of at least 4 members (excludes halogenated alkanes) is 3. The first kappa shape index (κ1) is 16.9. The first-order chi connectivity index (χ1) is 10.2. The minimum atomic E-state index is -0.512. The molecule has 0 N–H and O–H groups in total. The highest BCUT2D eigenvalue weighted by molar-refractivity contribution is 5.94. The van der Waals surface area contributed by atoms with Gasteiger partial charge in [0.15, 0.2) is 5.78 Å². The Labute approximate surface area is 126 Å². The molecule has 1 rings (SSSR count). The van der Waals surface area contributed by atoms with Crippen LogP contribution < -0.4 is 4.74 Å². The maximum Gasteiger partial charge on any atom is 0.335 e. The van der Waals surface area contributed by atoms with Gasteiger partial charge in [-0.25, -0.2) is 4.79 Å². The summed E-state index contributed by atoms with van der Waals surface area (Å²) in [4.78, 5) is 23.0. The third-order valence-electron chi connectivity index (χ3n) is 3.02. The van der Waals surface area contributed by atoms with Gasteiger partial charge in [0.1, 0.15) is 5.75 Å². The van der Waals surface area contributed by atoms with E-state index in [2.05, 4.69) is 13.5 Å². The van der Waals surface area contributed by atoms with E-state index in [1.807, 2.05) is 6.07 Å². The maximum atomic E-state index is 11.8. The number of allylic oxidation sites excluding steroid dienone is 1. The molecule has 21 heavy (non-hydrogen) atoms. The fourth-order valence-corrected chi connectivity index (χ4v) is 1.85. The summed E-state index contributed by atoms with van der Waals surface area (Å²) in [5.74, 6) is 0.00938. The summed E-state index contributed by atoms with van der Waals surface area (Å²) in [6.07, 6.45) is 9.24. The van der Waals surface area contributed by atoms with E-state index in [9.17, 15) is 9.59 Å². The molecule has 0 amide bonds. The molecule has 3 heteroatoms. The molecule has 1 aromatic carbocycles. The van der Waals surface area contributed by atoms with Crippen LogP contribution >= 0.6 is 0 Å². The Hall–Kier alpha value is -2.16. The zero-order valence-corrected chi connectivity index (χ0v) is 12.5. The predicted molar refractivity (Wildman–Crippen MR) is 85.1 cm³/mol. The molecule has 0 heterocycles. The molecule has 0 fully saturated rings. The van der Waals surface area contributed by atoms with E-state index < -0.39 is 5.97 Å². The predicted octanol–water partition coefficient (Wildman–Crippen LogP) is 4.33. The standard InChI is InChI=1S/C18H22O3/c1-3-5-6-7-11-16(19)14-13-15-10-8-9-12-17(15)21-18(20)4-2/h4,8-10,12-14H,2-3,5-7,11H2,1H3/b14-13-. The second-order valence-corrected chi connectivity index (χ2v) is 4.77. The Kier molecular flexibility index (Phi) is 7.80. The first-order valence-electron chi connectivity index (χ1n) is 7.31. The van der Waals surface area contributed by atoms with Crippen LogP contribution in [0.15, 0.2) is 43.0 Å². The zero-order chi connectivity index (χ0) is 15.5. The molecule has 0 aromatic heterocycles. The number of hydrogen-bond acceptors (Lipinski definition) is 3. The lowest BCUT2D eigenvalue weighted by molar-refractivity contribution is -0.129. The van der Waals surface area contributed by atoms with Crippen molar-refractivity contribution in [3.63, 3.8) is 0 Å². The minimum absolute atomic E-state index is 0.0935. The fourth-order valence-electron chi connectivity index (χ4n) is 1.85. The molecular weight excluding hydrogens is 264 g/mol. The Bertz CT molecular complexity index is 515. The normalized spacial score (nSPS) is 10.5. The zero-order valence-electron chi connectivity index (χ0n) is 12.5. The molecule has 112 valence electrons. The summed E-state index contributed by atoms with van der Waals surface area (Å²) in [5.41, 5.74) is 0.703. The number of hydrogen-bond donors (Lipinski definition) is 0. The van der Waals surface area contributed by atoms with E-state index in [0.29, 0.717) is 17.7 Å². The van der Waals surface area contributed by atoms with E-state index in [4.69, 9.17) is 4.74 Å². The Morgan fingerprint density at radius 2 is 1.95 bits per heavy atom. The van der Waals surface area contributed by atoms with Crippen LogP contribution in [0.4, 0.5) is 0 Å². The van der Waals surface area contributed by atoms with Gasteiger partial charge in [-0.3, -0.25) is 4.79 Å². The summed E-state index contributed by atoms with van der Waals surface area (Å²) in [5, 5.41) is 0. The van der Waals surface area contributed by atoms with Crippen LogP contribution in [0.3, 0.4) is 0 Å². The lowest BCUT2D eigenvalue weighted by Gasteiger charge is -2.04. The molecule has 0 saturated heterocycles. The van der Waals surface area contributed by atoms with Crippen LogP contribution in [0.5, 0.6) is 5.75 Å². The highest BCUT2D eigenvalue weighted by Gasteiger charge is 2.04. The Morgan fingerprint density at radius 1 is 1.19 bits per heavy atom. The van der Waals surface area contributed by atoms with E-state index in [1.54, 1.807) is 30.4 Å². The Morgan fingerprint density at radius 3 is 2.67 bits per heavy atom. The molecule has 0 spiro atoms. The maximum absolute atomic E-state index is 11.8. The van der Waals surface area contributed by atoms with Crippen molar-refractivity contribution in [2.75, 3.05) is 0 Å². The van der Waals surface area contributed by atoms with E-state index in [0.717, 1.165) is 31.8 Å². The highest BCUT2D eigenvalue weighted by Crippen LogP contribution is 2.20. The number of ketones is 1. The number of carbonyl (C=O) groups excluding carboxylic acids is 2. The number of benzene rings is 1. The van der Waals surface area contributed by atoms with Crippen molar-refractivity contribution >= 4 is 17.8 Å². The SMILES string of the molecule is C=CC(=O)Oc1ccccc1/C=C\C(=O)CCCCCC. The van der Waals surface area contributed by atoms with Crippen LogP contribution in [0.1, 0.15) is 44.6 Å². The molecule has 0 bridgehead atoms. The van der Waals surface area contributed by atoms with Gasteiger partial charge in [-0.05, 0) is 24.6 Å². The third kappa shape index (κ3) is 6.70. The summed E-state index contributed by atoms with van der Waals surface area (Å²) >= 11 is 0. The van der Waals surface area contributed by atoms with Gasteiger partial charge in [-0.1, -0.05) is 51.0 Å². The van der Waals surface area contributed by atoms with E-state index in [1.165, 1.54) is 0 Å². The second kappa shape index (κ2) is 9.70. The summed E-state index contributed by atoms with van der Waals surface area (Å²) in [6.45, 7) is 5.50. The van der Waals surface area contributed by atoms with E-state index >= 15 is 0 Å². The number of rotatable bonds is 9. The number of para-hydroxylation sites is 1. The van der Waals surface area contributed by atoms with Gasteiger partial charge in [0.2, 0.25) is 0 Å². The van der Waals surface area contributed by atoms with Crippen molar-refractivity contribution < 1.29 is 14.3 Å². The highest BCUT2D eigenvalue weighted by atomic mass is 16.5. The molecule has 1 aromatic rings. The molecule has 0 unspecified atom stereocenters. The molecule has 0 atom stereocenters. The van der Waals surface area contributed by atoms with Crippen molar-refractivity contribution in [2.45, 2.75) is 39.0 Å². The van der Waals surface area contributed by atoms with Crippen molar-refractivity contribution in [1.29, 1.82) is 0 Å². The van der Waals surface area contributed by atoms with Gasteiger partial charge < -0.3 is 4.74 Å². The summed E-state index contributed by atoms with van der Waals surface area (Å²) in [6, 6.07) is 7.09. The van der Waals surface area contributed by atoms with Gasteiger partial charge in [-0.15, -0.1) is 0 Å². The molecule has 3 nitrogen and oxygen atoms in total. The second-order valence-electron chi connectivity index (χ2n) is 4.77. The van der Waals surface area contributed by atoms with Crippen LogP contribution in [0.25, 0.3) is 6.08 Å². The van der Waals surface area contributed by atoms with E-state index in [-0.39, 0.29) is 5.78 Å². The van der Waals surface area contributed by atoms with Gasteiger partial charge in [0.05, 0.1) is 0 Å². The molecule has 0 aliphatic rings. The number of esters is 1. The molecular formula is C18H22O3. The summed E-state index contributed by atoms with van der Waals surface area (Å²) < 4.78 is 5.12. The van der Waals surface area contributed by atoms with Gasteiger partial charge >= 0.3 is 5.97 Å². The van der Waals surface area contributed by atoms with Crippen LogP contribution in [0, 0.1) is 0 Å². The van der Waals surface area contributed by atoms with Gasteiger partial charge in [0, 0.05) is 18.1 Å². The van der Waals surface area contributed by atoms with Gasteiger partial charge in [0.25, 0.3) is 0 Å². The largest absolute Gasteiger partial charge is 0.423 e. The van der Waals surface area contributed by atoms with Crippen molar-refractivity contribution in [3.8, 4) is 5.75 Å². The topological polar surface area (TPSA) is 43.4 Å². The molecule has 0 saturated carbocycles. The van der Waals surface area contributed by atoms with Crippen LogP contribution in [0.2, 0.25) is 0 Å². The lowest BCUT2D eigenvalue weighted by Crippen LogP contribution is -2.04. The minimum Gasteiger partial charge on any atom is -0.423 e. The smallest absolute Gasteiger partial charge is 0.335 e. The average molecular weight is 286 g/mol. The lowest BCUT2D eigenvalue weighted by atomic mass is 10.1. The summed E-state index contributed by atoms with van der Waals surface area (Å²) in [7, 11) is 0. The first-order valence-corrected chi connectivity index (χ1v) is 7.31. The monoisotopic (exact) mass is 286 g/mol. The molecule has 0 aliphatic heterocycles. The number of carbonyl (C=O) groups is 2. The molecule has 0 aliphatic carbocycles. The third-order valence-corrected chi connectivity index (χ3v) is 3.02. The Balaban J connectivity index is 2.60. The number of ether oxygens (including phenoxy) is 1. The van der Waals surface area contributed by atoms with Crippen molar-refractivity contribution in [3.05, 3.63) is 48.6 Å². The van der Waals surface area contributed by atoms with Gasteiger partial charge in [-0.2, -0.15) is 0 Å². The van der Waals surface area contributed by atoms with Crippen molar-refractivity contribution in [1.82, 2.24) is 0 Å². The average Bonchev–Trinajstić information content (AvgIpc) is 2.50. The fraction of sp³-hybridized carbons (Fsp3) is 0.333. The molecule has 0 radical (unpaired) electrons. The quantitative estimate of drug-likeness (QED) is 0.294. The van der Waals surface area contributed by atoms with Crippen LogP contribution in [-0.4, -0.2) is 11.8 Å².